The van der Waals surface area contributed by atoms with Crippen LogP contribution in [-0.2, 0) is 4.79 Å². The molecule has 0 saturated heterocycles. The van der Waals surface area contributed by atoms with Crippen LogP contribution in [0.5, 0.6) is 0 Å². The summed E-state index contributed by atoms with van der Waals surface area (Å²) in [6, 6.07) is 4.32. The van der Waals surface area contributed by atoms with E-state index >= 15 is 0 Å². The van der Waals surface area contributed by atoms with Crippen molar-refractivity contribution >= 4 is 46.8 Å². The van der Waals surface area contributed by atoms with E-state index in [2.05, 4.69) is 0 Å². The van der Waals surface area contributed by atoms with Crippen LogP contribution < -0.4 is 0 Å². The van der Waals surface area contributed by atoms with Crippen molar-refractivity contribution in [3.8, 4) is 6.07 Å². The minimum atomic E-state index is -1.33. The Balaban J connectivity index is 3.31. The Hall–Kier alpha value is -1.21. The number of nitrogens with zero attached hydrogens (tertiary/aromatic N) is 1. The van der Waals surface area contributed by atoms with Crippen molar-refractivity contribution in [3.05, 3.63) is 38.3 Å². The zero-order valence-corrected chi connectivity index (χ0v) is 9.94. The molecule has 1 aromatic carbocycles. The van der Waals surface area contributed by atoms with E-state index in [0.29, 0.717) is 5.56 Å². The van der Waals surface area contributed by atoms with Crippen LogP contribution in [0.4, 0.5) is 0 Å². The van der Waals surface area contributed by atoms with E-state index in [-0.39, 0.29) is 15.1 Å². The van der Waals surface area contributed by atoms with E-state index in [0.717, 1.165) is 6.08 Å². The van der Waals surface area contributed by atoms with Crippen molar-refractivity contribution in [3.63, 3.8) is 0 Å². The van der Waals surface area contributed by atoms with Crippen LogP contribution in [0, 0.1) is 11.3 Å². The van der Waals surface area contributed by atoms with Crippen LogP contribution in [-0.4, -0.2) is 11.1 Å². The summed E-state index contributed by atoms with van der Waals surface area (Å²) < 4.78 is 0. The third-order valence-corrected chi connectivity index (χ3v) is 2.74. The van der Waals surface area contributed by atoms with Crippen molar-refractivity contribution in [1.29, 1.82) is 5.26 Å². The highest BCUT2D eigenvalue weighted by atomic mass is 35.5. The molecule has 1 rings (SSSR count). The number of rotatable bonds is 2. The summed E-state index contributed by atoms with van der Waals surface area (Å²) in [5.74, 6) is -1.33. The molecular formula is C10H4Cl3NO2. The lowest BCUT2D eigenvalue weighted by atomic mass is 10.1. The second-order valence-electron chi connectivity index (χ2n) is 2.76. The van der Waals surface area contributed by atoms with Crippen LogP contribution in [0.2, 0.25) is 15.1 Å². The lowest BCUT2D eigenvalue weighted by Gasteiger charge is -2.01. The Bertz CT molecular complexity index is 518. The molecule has 0 aliphatic heterocycles. The number of benzene rings is 1. The van der Waals surface area contributed by atoms with Crippen molar-refractivity contribution in [2.45, 2.75) is 0 Å². The first-order valence-corrected chi connectivity index (χ1v) is 5.08. The fourth-order valence-electron chi connectivity index (χ4n) is 0.946. The Labute approximate surface area is 106 Å². The Morgan fingerprint density at radius 3 is 2.31 bits per heavy atom. The van der Waals surface area contributed by atoms with Gasteiger partial charge >= 0.3 is 5.97 Å². The Morgan fingerprint density at radius 2 is 1.81 bits per heavy atom. The highest BCUT2D eigenvalue weighted by Crippen LogP contribution is 2.30. The first-order chi connectivity index (χ1) is 7.45. The number of carboxylic acid groups (broad SMARTS) is 1. The van der Waals surface area contributed by atoms with Crippen molar-refractivity contribution in [2.24, 2.45) is 0 Å². The molecule has 0 aromatic heterocycles. The van der Waals surface area contributed by atoms with Gasteiger partial charge in [0.25, 0.3) is 0 Å². The van der Waals surface area contributed by atoms with Crippen molar-refractivity contribution < 1.29 is 9.90 Å². The number of aliphatic carboxylic acids is 1. The van der Waals surface area contributed by atoms with Gasteiger partial charge in [0.15, 0.2) is 0 Å². The summed E-state index contributed by atoms with van der Waals surface area (Å²) >= 11 is 17.3. The van der Waals surface area contributed by atoms with Gasteiger partial charge in [-0.15, -0.1) is 0 Å². The fraction of sp³-hybridized carbons (Fsp3) is 0. The smallest absolute Gasteiger partial charge is 0.346 e. The molecule has 0 bridgehead atoms. The van der Waals surface area contributed by atoms with Crippen LogP contribution in [0.1, 0.15) is 5.56 Å². The SMILES string of the molecule is N#C/C(=C\c1cc(Cl)c(Cl)cc1Cl)C(=O)O. The monoisotopic (exact) mass is 275 g/mol. The van der Waals surface area contributed by atoms with Crippen LogP contribution in [0.25, 0.3) is 6.08 Å². The summed E-state index contributed by atoms with van der Waals surface area (Å²) in [4.78, 5) is 10.6. The molecule has 3 nitrogen and oxygen atoms in total. The van der Waals surface area contributed by atoms with Crippen LogP contribution >= 0.6 is 34.8 Å². The molecule has 0 aliphatic carbocycles. The minimum Gasteiger partial charge on any atom is -0.477 e. The number of halogens is 3. The molecule has 0 amide bonds. The van der Waals surface area contributed by atoms with Crippen LogP contribution in [0.3, 0.4) is 0 Å². The lowest BCUT2D eigenvalue weighted by molar-refractivity contribution is -0.132. The zero-order valence-electron chi connectivity index (χ0n) is 7.67. The molecule has 6 heteroatoms. The van der Waals surface area contributed by atoms with Gasteiger partial charge < -0.3 is 5.11 Å². The number of hydrogen-bond donors (Lipinski definition) is 1. The Morgan fingerprint density at radius 1 is 1.25 bits per heavy atom. The molecule has 1 N–H and O–H groups in total. The topological polar surface area (TPSA) is 61.1 Å². The van der Waals surface area contributed by atoms with Gasteiger partial charge in [-0.05, 0) is 23.8 Å². The highest BCUT2D eigenvalue weighted by molar-refractivity contribution is 6.43. The van der Waals surface area contributed by atoms with E-state index < -0.39 is 11.5 Å². The lowest BCUT2D eigenvalue weighted by Crippen LogP contribution is -1.97. The molecule has 0 unspecified atom stereocenters. The summed E-state index contributed by atoms with van der Waals surface area (Å²) in [7, 11) is 0. The molecule has 0 saturated carbocycles. The maximum Gasteiger partial charge on any atom is 0.346 e. The molecule has 0 fully saturated rings. The third kappa shape index (κ3) is 2.89. The molecule has 0 heterocycles. The van der Waals surface area contributed by atoms with Gasteiger partial charge in [-0.25, -0.2) is 4.79 Å². The van der Waals surface area contributed by atoms with Gasteiger partial charge in [0.1, 0.15) is 11.6 Å². The summed E-state index contributed by atoms with van der Waals surface area (Å²) in [5.41, 5.74) is -0.102. The zero-order chi connectivity index (χ0) is 12.3. The summed E-state index contributed by atoms with van der Waals surface area (Å²) in [5, 5.41) is 18.0. The molecular weight excluding hydrogens is 272 g/mol. The number of nitriles is 1. The number of carboxylic acids is 1. The van der Waals surface area contributed by atoms with Gasteiger partial charge in [-0.2, -0.15) is 5.26 Å². The fourth-order valence-corrected chi connectivity index (χ4v) is 1.56. The summed E-state index contributed by atoms with van der Waals surface area (Å²) in [6.45, 7) is 0. The highest BCUT2D eigenvalue weighted by Gasteiger charge is 2.09. The van der Waals surface area contributed by atoms with Gasteiger partial charge in [0, 0.05) is 5.02 Å². The van der Waals surface area contributed by atoms with E-state index in [1.165, 1.54) is 18.2 Å². The van der Waals surface area contributed by atoms with Crippen LogP contribution in [0.15, 0.2) is 17.7 Å². The second kappa shape index (κ2) is 5.22. The second-order valence-corrected chi connectivity index (χ2v) is 3.98. The van der Waals surface area contributed by atoms with E-state index in [9.17, 15) is 4.79 Å². The van der Waals surface area contributed by atoms with E-state index in [1.807, 2.05) is 0 Å². The Kier molecular flexibility index (Phi) is 4.19. The largest absolute Gasteiger partial charge is 0.477 e. The van der Waals surface area contributed by atoms with Crippen molar-refractivity contribution in [2.75, 3.05) is 0 Å². The first kappa shape index (κ1) is 12.9. The molecule has 82 valence electrons. The molecule has 0 radical (unpaired) electrons. The van der Waals surface area contributed by atoms with Gasteiger partial charge in [0.2, 0.25) is 0 Å². The molecule has 16 heavy (non-hydrogen) atoms. The quantitative estimate of drug-likeness (QED) is 0.509. The van der Waals surface area contributed by atoms with E-state index in [1.54, 1.807) is 0 Å². The van der Waals surface area contributed by atoms with E-state index in [4.69, 9.17) is 45.2 Å². The molecule has 1 aromatic rings. The third-order valence-electron chi connectivity index (χ3n) is 1.69. The average Bonchev–Trinajstić information content (AvgIpc) is 2.21. The maximum absolute atomic E-state index is 10.6. The molecule has 0 atom stereocenters. The normalized spacial score (nSPS) is 11.0. The predicted octanol–water partition coefficient (Wildman–Crippen LogP) is 3.64. The first-order valence-electron chi connectivity index (χ1n) is 3.95. The summed E-state index contributed by atoms with van der Waals surface area (Å²) in [6.07, 6.45) is 1.13. The molecule has 0 spiro atoms. The maximum atomic E-state index is 10.6. The molecule has 0 aliphatic rings. The number of carbonyl (C=O) groups is 1. The average molecular weight is 277 g/mol. The minimum absolute atomic E-state index is 0.225. The van der Waals surface area contributed by atoms with Crippen molar-refractivity contribution in [1.82, 2.24) is 0 Å². The van der Waals surface area contributed by atoms with Gasteiger partial charge in [0.05, 0.1) is 10.0 Å². The number of hydrogen-bond acceptors (Lipinski definition) is 2. The van der Waals surface area contributed by atoms with Gasteiger partial charge in [-0.3, -0.25) is 0 Å². The standard InChI is InChI=1S/C10H4Cl3NO2/c11-7-3-9(13)8(12)2-5(7)1-6(4-14)10(15)16/h1-3H,(H,15,16)/b6-1+. The van der Waals surface area contributed by atoms with Gasteiger partial charge in [-0.1, -0.05) is 34.8 Å². The predicted molar refractivity (Wildman–Crippen MR) is 62.7 cm³/mol.